The first-order valence-electron chi connectivity index (χ1n) is 10.7. The number of nitrogens with one attached hydrogen (secondary N) is 2. The van der Waals surface area contributed by atoms with Crippen molar-refractivity contribution in [2.45, 2.75) is 50.0 Å². The lowest BCUT2D eigenvalue weighted by Gasteiger charge is -2.33. The molecule has 0 bridgehead atoms. The zero-order chi connectivity index (χ0) is 23.1. The Balaban J connectivity index is 1.84. The zero-order valence-corrected chi connectivity index (χ0v) is 19.5. The van der Waals surface area contributed by atoms with Crippen LogP contribution < -0.4 is 10.0 Å². The van der Waals surface area contributed by atoms with E-state index in [1.807, 2.05) is 55.5 Å². The van der Waals surface area contributed by atoms with E-state index < -0.39 is 21.5 Å². The first-order chi connectivity index (χ1) is 15.1. The van der Waals surface area contributed by atoms with Gasteiger partial charge in [0.2, 0.25) is 15.9 Å². The summed E-state index contributed by atoms with van der Waals surface area (Å²) in [5.74, 6) is 0.112. The molecule has 32 heavy (non-hydrogen) atoms. The van der Waals surface area contributed by atoms with Gasteiger partial charge in [-0.3, -0.25) is 4.79 Å². The Morgan fingerprint density at radius 3 is 2.09 bits per heavy atom. The lowest BCUT2D eigenvalue weighted by Crippen LogP contribution is -2.46. The van der Waals surface area contributed by atoms with Gasteiger partial charge in [0.15, 0.2) is 0 Å². The predicted molar refractivity (Wildman–Crippen MR) is 127 cm³/mol. The molecule has 1 aliphatic rings. The molecule has 0 saturated heterocycles. The van der Waals surface area contributed by atoms with E-state index in [0.717, 1.165) is 22.3 Å². The number of anilines is 1. The number of aryl methyl sites for hydroxylation is 1. The molecule has 1 heterocycles. The van der Waals surface area contributed by atoms with Gasteiger partial charge in [-0.15, -0.1) is 0 Å². The maximum Gasteiger partial charge on any atom is 0.241 e. The Kier molecular flexibility index (Phi) is 5.69. The van der Waals surface area contributed by atoms with Crippen LogP contribution in [-0.2, 0) is 20.2 Å². The predicted octanol–water partition coefficient (Wildman–Crippen LogP) is 5.05. The number of fused-ring (bicyclic) bond motifs is 1. The van der Waals surface area contributed by atoms with E-state index >= 15 is 0 Å². The van der Waals surface area contributed by atoms with E-state index in [4.69, 9.17) is 0 Å². The second kappa shape index (κ2) is 8.19. The molecule has 0 aromatic heterocycles. The van der Waals surface area contributed by atoms with Crippen LogP contribution in [0.1, 0.15) is 55.0 Å². The van der Waals surface area contributed by atoms with Gasteiger partial charge < -0.3 is 5.32 Å². The van der Waals surface area contributed by atoms with E-state index in [1.165, 1.54) is 0 Å². The Labute approximate surface area is 189 Å². The standard InChI is InChI=1S/C26H28N2O3S/c1-17(2)19-11-13-20(14-12-19)24(28-32(30,31)21-15-9-18(3)10-16-21)26(4)22-7-5-6-8-23(22)27-25(26)29/h5-17,24,28H,1-4H3,(H,27,29)/t24-,26-/m1/s1. The second-order valence-corrected chi connectivity index (χ2v) is 10.6. The van der Waals surface area contributed by atoms with Gasteiger partial charge in [0.25, 0.3) is 0 Å². The number of hydrogen-bond donors (Lipinski definition) is 2. The molecule has 1 aliphatic heterocycles. The molecule has 166 valence electrons. The molecule has 0 spiro atoms. The Morgan fingerprint density at radius 1 is 0.875 bits per heavy atom. The first-order valence-corrected chi connectivity index (χ1v) is 12.2. The summed E-state index contributed by atoms with van der Waals surface area (Å²) < 4.78 is 29.6. The summed E-state index contributed by atoms with van der Waals surface area (Å²) in [6.45, 7) is 7.92. The summed E-state index contributed by atoms with van der Waals surface area (Å²) in [5, 5.41) is 2.93. The molecule has 1 amide bonds. The molecule has 4 rings (SSSR count). The van der Waals surface area contributed by atoms with Crippen molar-refractivity contribution in [3.8, 4) is 0 Å². The SMILES string of the molecule is Cc1ccc(S(=O)(=O)N[C@H](c2ccc(C(C)C)cc2)[C@]2(C)C(=O)Nc3ccccc32)cc1. The van der Waals surface area contributed by atoms with Crippen molar-refractivity contribution >= 4 is 21.6 Å². The van der Waals surface area contributed by atoms with Crippen LogP contribution in [-0.4, -0.2) is 14.3 Å². The molecule has 0 aliphatic carbocycles. The Morgan fingerprint density at radius 2 is 1.47 bits per heavy atom. The molecular weight excluding hydrogens is 420 g/mol. The molecule has 3 aromatic rings. The number of carbonyl (C=O) groups excluding carboxylic acids is 1. The highest BCUT2D eigenvalue weighted by Crippen LogP contribution is 2.46. The minimum atomic E-state index is -3.88. The molecule has 6 heteroatoms. The monoisotopic (exact) mass is 448 g/mol. The van der Waals surface area contributed by atoms with Gasteiger partial charge in [0.05, 0.1) is 16.4 Å². The van der Waals surface area contributed by atoms with Crippen molar-refractivity contribution in [1.29, 1.82) is 0 Å². The van der Waals surface area contributed by atoms with Crippen LogP contribution in [0.4, 0.5) is 5.69 Å². The van der Waals surface area contributed by atoms with Gasteiger partial charge in [-0.25, -0.2) is 13.1 Å². The van der Waals surface area contributed by atoms with Gasteiger partial charge >= 0.3 is 0 Å². The fraction of sp³-hybridized carbons (Fsp3) is 0.269. The lowest BCUT2D eigenvalue weighted by atomic mass is 9.74. The summed E-state index contributed by atoms with van der Waals surface area (Å²) >= 11 is 0. The van der Waals surface area contributed by atoms with Crippen molar-refractivity contribution in [2.24, 2.45) is 0 Å². The zero-order valence-electron chi connectivity index (χ0n) is 18.7. The Bertz CT molecular complexity index is 1250. The van der Waals surface area contributed by atoms with Crippen LogP contribution in [0, 0.1) is 6.92 Å². The lowest BCUT2D eigenvalue weighted by molar-refractivity contribution is -0.121. The summed E-state index contributed by atoms with van der Waals surface area (Å²) in [5.41, 5.74) is 3.22. The van der Waals surface area contributed by atoms with Gasteiger partial charge in [0.1, 0.15) is 0 Å². The highest BCUT2D eigenvalue weighted by molar-refractivity contribution is 7.89. The largest absolute Gasteiger partial charge is 0.325 e. The molecule has 2 N–H and O–H groups in total. The van der Waals surface area contributed by atoms with Crippen molar-refractivity contribution in [1.82, 2.24) is 4.72 Å². The smallest absolute Gasteiger partial charge is 0.241 e. The van der Waals surface area contributed by atoms with Crippen LogP contribution in [0.25, 0.3) is 0 Å². The highest BCUT2D eigenvalue weighted by atomic mass is 32.2. The molecular formula is C26H28N2O3S. The topological polar surface area (TPSA) is 75.3 Å². The second-order valence-electron chi connectivity index (χ2n) is 8.89. The maximum atomic E-state index is 13.4. The number of amides is 1. The van der Waals surface area contributed by atoms with Gasteiger partial charge in [-0.2, -0.15) is 0 Å². The molecule has 0 unspecified atom stereocenters. The molecule has 0 fully saturated rings. The third kappa shape index (κ3) is 3.85. The van der Waals surface area contributed by atoms with E-state index in [1.54, 1.807) is 31.2 Å². The summed E-state index contributed by atoms with van der Waals surface area (Å²) in [6.07, 6.45) is 0. The highest BCUT2D eigenvalue weighted by Gasteiger charge is 2.50. The summed E-state index contributed by atoms with van der Waals surface area (Å²) in [4.78, 5) is 13.4. The van der Waals surface area contributed by atoms with Crippen LogP contribution in [0.2, 0.25) is 0 Å². The number of carbonyl (C=O) groups is 1. The first kappa shape index (κ1) is 22.2. The molecule has 0 saturated carbocycles. The van der Waals surface area contributed by atoms with E-state index in [-0.39, 0.29) is 10.8 Å². The van der Waals surface area contributed by atoms with Crippen molar-refractivity contribution in [3.63, 3.8) is 0 Å². The van der Waals surface area contributed by atoms with E-state index in [2.05, 4.69) is 23.9 Å². The van der Waals surface area contributed by atoms with Crippen molar-refractivity contribution in [2.75, 3.05) is 5.32 Å². The molecule has 0 radical (unpaired) electrons. The molecule has 3 aromatic carbocycles. The van der Waals surface area contributed by atoms with Crippen LogP contribution in [0.3, 0.4) is 0 Å². The molecule has 5 nitrogen and oxygen atoms in total. The summed E-state index contributed by atoms with van der Waals surface area (Å²) in [6, 6.07) is 21.2. The minimum Gasteiger partial charge on any atom is -0.325 e. The molecule has 2 atom stereocenters. The average Bonchev–Trinajstić information content (AvgIpc) is 3.03. The maximum absolute atomic E-state index is 13.4. The fourth-order valence-electron chi connectivity index (χ4n) is 4.24. The van der Waals surface area contributed by atoms with Crippen molar-refractivity contribution in [3.05, 3.63) is 95.1 Å². The summed E-state index contributed by atoms with van der Waals surface area (Å²) in [7, 11) is -3.88. The number of sulfonamides is 1. The Hall–Kier alpha value is -2.96. The number of para-hydroxylation sites is 1. The van der Waals surface area contributed by atoms with Gasteiger partial charge in [-0.1, -0.05) is 74.0 Å². The van der Waals surface area contributed by atoms with Gasteiger partial charge in [0, 0.05) is 5.69 Å². The quantitative estimate of drug-likeness (QED) is 0.554. The van der Waals surface area contributed by atoms with Crippen LogP contribution in [0.15, 0.2) is 77.7 Å². The minimum absolute atomic E-state index is 0.169. The van der Waals surface area contributed by atoms with Crippen LogP contribution in [0.5, 0.6) is 0 Å². The average molecular weight is 449 g/mol. The number of benzene rings is 3. The number of rotatable bonds is 6. The van der Waals surface area contributed by atoms with E-state index in [0.29, 0.717) is 11.6 Å². The van der Waals surface area contributed by atoms with Crippen LogP contribution >= 0.6 is 0 Å². The van der Waals surface area contributed by atoms with E-state index in [9.17, 15) is 13.2 Å². The third-order valence-corrected chi connectivity index (χ3v) is 7.76. The van der Waals surface area contributed by atoms with Crippen molar-refractivity contribution < 1.29 is 13.2 Å². The third-order valence-electron chi connectivity index (χ3n) is 6.32. The van der Waals surface area contributed by atoms with Gasteiger partial charge in [-0.05, 0) is 54.7 Å². The normalized spacial score (nSPS) is 19.0. The number of hydrogen-bond acceptors (Lipinski definition) is 3. The fourth-order valence-corrected chi connectivity index (χ4v) is 5.55.